The lowest BCUT2D eigenvalue weighted by Gasteiger charge is -2.12. The number of halogens is 6. The predicted molar refractivity (Wildman–Crippen MR) is 106 cm³/mol. The molecule has 32 heavy (non-hydrogen) atoms. The van der Waals surface area contributed by atoms with E-state index in [9.17, 15) is 30.6 Å². The molecule has 0 aliphatic rings. The summed E-state index contributed by atoms with van der Waals surface area (Å²) < 4.78 is 96.0. The smallest absolute Gasteiger partial charge is 0.417 e. The second-order valence-electron chi connectivity index (χ2n) is 6.89. The molecule has 0 saturated carbocycles. The SMILES string of the molecule is O=S(Cc1ccc(C(F)(F)F)cc1)c1nc2ccc(-c3ccccc3C(F)(F)F)cc2o1. The Morgan fingerprint density at radius 1 is 0.844 bits per heavy atom. The van der Waals surface area contributed by atoms with Crippen LogP contribution < -0.4 is 0 Å². The molecule has 0 N–H and O–H groups in total. The third-order valence-electron chi connectivity index (χ3n) is 4.69. The third-order valence-corrected chi connectivity index (χ3v) is 5.85. The van der Waals surface area contributed by atoms with Crippen molar-refractivity contribution < 1.29 is 35.0 Å². The molecule has 1 atom stereocenters. The predicted octanol–water partition coefficient (Wildman–Crippen LogP) is 6.84. The first-order chi connectivity index (χ1) is 15.0. The lowest BCUT2D eigenvalue weighted by molar-refractivity contribution is -0.138. The van der Waals surface area contributed by atoms with Crippen LogP contribution in [0.1, 0.15) is 16.7 Å². The summed E-state index contributed by atoms with van der Waals surface area (Å²) in [6, 6.07) is 13.6. The minimum Gasteiger partial charge on any atom is -0.430 e. The van der Waals surface area contributed by atoms with Gasteiger partial charge in [0, 0.05) is 0 Å². The lowest BCUT2D eigenvalue weighted by atomic mass is 9.99. The van der Waals surface area contributed by atoms with Gasteiger partial charge in [-0.1, -0.05) is 36.4 Å². The molecule has 0 spiro atoms. The van der Waals surface area contributed by atoms with Crippen LogP contribution in [0.3, 0.4) is 0 Å². The first-order valence-corrected chi connectivity index (χ1v) is 10.5. The Bertz CT molecular complexity index is 1290. The summed E-state index contributed by atoms with van der Waals surface area (Å²) in [6.45, 7) is 0. The highest BCUT2D eigenvalue weighted by atomic mass is 32.2. The van der Waals surface area contributed by atoms with E-state index in [0.717, 1.165) is 18.2 Å². The molecule has 4 rings (SSSR count). The first-order valence-electron chi connectivity index (χ1n) is 9.14. The van der Waals surface area contributed by atoms with E-state index >= 15 is 0 Å². The fraction of sp³-hybridized carbons (Fsp3) is 0.136. The first kappa shape index (κ1) is 22.1. The summed E-state index contributed by atoms with van der Waals surface area (Å²) in [5.41, 5.74) is -0.569. The minimum absolute atomic E-state index is 0.0364. The zero-order valence-electron chi connectivity index (χ0n) is 16.0. The van der Waals surface area contributed by atoms with Gasteiger partial charge in [0.05, 0.1) is 16.9 Å². The third kappa shape index (κ3) is 4.55. The molecule has 1 heterocycles. The van der Waals surface area contributed by atoms with Crippen molar-refractivity contribution in [3.63, 3.8) is 0 Å². The van der Waals surface area contributed by atoms with Crippen molar-refractivity contribution >= 4 is 21.9 Å². The monoisotopic (exact) mass is 469 g/mol. The molecule has 0 amide bonds. The van der Waals surface area contributed by atoms with Crippen LogP contribution in [-0.4, -0.2) is 9.19 Å². The van der Waals surface area contributed by atoms with Gasteiger partial charge in [-0.25, -0.2) is 9.19 Å². The average molecular weight is 469 g/mol. The van der Waals surface area contributed by atoms with E-state index in [1.165, 1.54) is 48.5 Å². The number of aromatic nitrogens is 1. The van der Waals surface area contributed by atoms with Crippen LogP contribution in [-0.2, 0) is 28.9 Å². The van der Waals surface area contributed by atoms with E-state index < -0.39 is 34.3 Å². The van der Waals surface area contributed by atoms with Gasteiger partial charge in [-0.15, -0.1) is 0 Å². The number of benzene rings is 3. The molecular formula is C22H13F6NO2S. The van der Waals surface area contributed by atoms with Crippen molar-refractivity contribution in [1.29, 1.82) is 0 Å². The summed E-state index contributed by atoms with van der Waals surface area (Å²) in [5.74, 6) is -0.130. The van der Waals surface area contributed by atoms with E-state index in [0.29, 0.717) is 11.1 Å². The van der Waals surface area contributed by atoms with Crippen molar-refractivity contribution in [2.75, 3.05) is 0 Å². The Hall–Kier alpha value is -3.14. The van der Waals surface area contributed by atoms with Crippen LogP contribution in [0.25, 0.3) is 22.2 Å². The van der Waals surface area contributed by atoms with Crippen LogP contribution in [0, 0.1) is 0 Å². The molecule has 0 saturated heterocycles. The highest BCUT2D eigenvalue weighted by Crippen LogP contribution is 2.38. The molecule has 3 aromatic carbocycles. The highest BCUT2D eigenvalue weighted by molar-refractivity contribution is 7.84. The Kier molecular flexibility index (Phi) is 5.58. The fourth-order valence-electron chi connectivity index (χ4n) is 3.15. The number of fused-ring (bicyclic) bond motifs is 1. The second-order valence-corrected chi connectivity index (χ2v) is 8.22. The van der Waals surface area contributed by atoms with Crippen molar-refractivity contribution in [2.45, 2.75) is 23.3 Å². The maximum atomic E-state index is 13.3. The normalized spacial score (nSPS) is 13.4. The van der Waals surface area contributed by atoms with Gasteiger partial charge in [-0.3, -0.25) is 0 Å². The van der Waals surface area contributed by atoms with Crippen molar-refractivity contribution in [1.82, 2.24) is 4.98 Å². The molecule has 0 aliphatic heterocycles. The van der Waals surface area contributed by atoms with E-state index in [1.807, 2.05) is 0 Å². The second kappa shape index (κ2) is 8.09. The lowest BCUT2D eigenvalue weighted by Crippen LogP contribution is -2.06. The highest BCUT2D eigenvalue weighted by Gasteiger charge is 2.33. The largest absolute Gasteiger partial charge is 0.430 e. The number of oxazole rings is 1. The number of nitrogens with zero attached hydrogens (tertiary/aromatic N) is 1. The molecule has 0 bridgehead atoms. The quantitative estimate of drug-likeness (QED) is 0.308. The van der Waals surface area contributed by atoms with Gasteiger partial charge in [0.25, 0.3) is 5.22 Å². The van der Waals surface area contributed by atoms with Gasteiger partial charge in [0.2, 0.25) is 0 Å². The maximum Gasteiger partial charge on any atom is 0.417 e. The molecule has 1 aromatic heterocycles. The van der Waals surface area contributed by atoms with Gasteiger partial charge in [0.15, 0.2) is 5.58 Å². The van der Waals surface area contributed by atoms with Crippen LogP contribution in [0.5, 0.6) is 0 Å². The van der Waals surface area contributed by atoms with Gasteiger partial charge in [-0.2, -0.15) is 26.3 Å². The number of rotatable bonds is 4. The van der Waals surface area contributed by atoms with E-state index in [-0.39, 0.29) is 27.7 Å². The molecule has 4 aromatic rings. The van der Waals surface area contributed by atoms with Gasteiger partial charge >= 0.3 is 12.4 Å². The molecule has 0 fully saturated rings. The zero-order chi connectivity index (χ0) is 23.1. The molecule has 10 heteroatoms. The molecule has 0 radical (unpaired) electrons. The summed E-state index contributed by atoms with van der Waals surface area (Å²) >= 11 is 0. The van der Waals surface area contributed by atoms with Crippen molar-refractivity contribution in [3.05, 3.63) is 83.4 Å². The molecular weight excluding hydrogens is 456 g/mol. The van der Waals surface area contributed by atoms with E-state index in [1.54, 1.807) is 0 Å². The maximum absolute atomic E-state index is 13.3. The van der Waals surface area contributed by atoms with Crippen LogP contribution in [0.4, 0.5) is 26.3 Å². The molecule has 3 nitrogen and oxygen atoms in total. The van der Waals surface area contributed by atoms with E-state index in [4.69, 9.17) is 4.42 Å². The van der Waals surface area contributed by atoms with Crippen LogP contribution in [0.2, 0.25) is 0 Å². The number of hydrogen-bond acceptors (Lipinski definition) is 3. The Labute approximate surface area is 180 Å². The standard InChI is InChI=1S/C22H13F6NO2S/c23-21(24,25)15-8-5-13(6-9-15)12-32(30)20-29-18-10-7-14(11-19(18)31-20)16-3-1-2-4-17(16)22(26,27)28/h1-11H,12H2. The number of alkyl halides is 6. The van der Waals surface area contributed by atoms with Crippen LogP contribution >= 0.6 is 0 Å². The summed E-state index contributed by atoms with van der Waals surface area (Å²) in [5, 5.41) is -0.166. The topological polar surface area (TPSA) is 43.1 Å². The summed E-state index contributed by atoms with van der Waals surface area (Å²) in [6.07, 6.45) is -9.01. The van der Waals surface area contributed by atoms with Crippen molar-refractivity contribution in [2.24, 2.45) is 0 Å². The Balaban J connectivity index is 1.61. The molecule has 0 aliphatic carbocycles. The fourth-order valence-corrected chi connectivity index (χ4v) is 4.16. The molecule has 166 valence electrons. The summed E-state index contributed by atoms with van der Waals surface area (Å²) in [7, 11) is -1.80. The summed E-state index contributed by atoms with van der Waals surface area (Å²) in [4.78, 5) is 4.10. The minimum atomic E-state index is -4.54. The van der Waals surface area contributed by atoms with Gasteiger partial charge < -0.3 is 4.42 Å². The number of hydrogen-bond donors (Lipinski definition) is 0. The van der Waals surface area contributed by atoms with Crippen LogP contribution in [0.15, 0.2) is 76.4 Å². The Morgan fingerprint density at radius 2 is 1.53 bits per heavy atom. The van der Waals surface area contributed by atoms with Gasteiger partial charge in [0.1, 0.15) is 16.3 Å². The van der Waals surface area contributed by atoms with Gasteiger partial charge in [-0.05, 0) is 47.0 Å². The zero-order valence-corrected chi connectivity index (χ0v) is 16.8. The Morgan fingerprint density at radius 3 is 2.19 bits per heavy atom. The average Bonchev–Trinajstić information content (AvgIpc) is 3.16. The van der Waals surface area contributed by atoms with E-state index in [2.05, 4.69) is 4.98 Å². The van der Waals surface area contributed by atoms with Crippen molar-refractivity contribution in [3.8, 4) is 11.1 Å². The molecule has 1 unspecified atom stereocenters.